The van der Waals surface area contributed by atoms with E-state index in [1.165, 1.54) is 12.1 Å². The minimum absolute atomic E-state index is 0.194. The molecule has 7 heteroatoms. The Kier molecular flexibility index (Phi) is 4.76. The maximum atomic E-state index is 13.4. The van der Waals surface area contributed by atoms with E-state index in [0.717, 1.165) is 17.3 Å². The van der Waals surface area contributed by atoms with Crippen LogP contribution in [0.4, 0.5) is 8.78 Å². The first-order valence-electron chi connectivity index (χ1n) is 8.53. The number of hydrogen-bond acceptors (Lipinski definition) is 3. The molecule has 1 N–H and O–H groups in total. The predicted molar refractivity (Wildman–Crippen MR) is 99.5 cm³/mol. The van der Waals surface area contributed by atoms with Crippen molar-refractivity contribution in [3.05, 3.63) is 86.3 Å². The summed E-state index contributed by atoms with van der Waals surface area (Å²) in [5.41, 5.74) is 2.48. The lowest BCUT2D eigenvalue weighted by Crippen LogP contribution is -2.35. The van der Waals surface area contributed by atoms with E-state index in [0.29, 0.717) is 48.0 Å². The molecular formula is C20H16ClF2N3O. The average molecular weight is 388 g/mol. The number of fused-ring (bicyclic) bond motifs is 1. The van der Waals surface area contributed by atoms with Crippen molar-refractivity contribution < 1.29 is 8.78 Å². The van der Waals surface area contributed by atoms with Gasteiger partial charge in [-0.15, -0.1) is 0 Å². The summed E-state index contributed by atoms with van der Waals surface area (Å²) in [6.07, 6.45) is 0.595. The van der Waals surface area contributed by atoms with Crippen LogP contribution >= 0.6 is 11.6 Å². The number of aromatic nitrogens is 2. The van der Waals surface area contributed by atoms with Crippen LogP contribution in [-0.2, 0) is 19.5 Å². The van der Waals surface area contributed by atoms with Gasteiger partial charge in [-0.25, -0.2) is 13.8 Å². The van der Waals surface area contributed by atoms with Crippen LogP contribution in [0, 0.1) is 11.6 Å². The Balaban J connectivity index is 1.58. The molecule has 1 aliphatic heterocycles. The van der Waals surface area contributed by atoms with Gasteiger partial charge in [0.15, 0.2) is 0 Å². The fourth-order valence-corrected chi connectivity index (χ4v) is 3.45. The van der Waals surface area contributed by atoms with Crippen molar-refractivity contribution in [3.63, 3.8) is 0 Å². The average Bonchev–Trinajstić information content (AvgIpc) is 2.62. The second kappa shape index (κ2) is 7.21. The van der Waals surface area contributed by atoms with E-state index in [-0.39, 0.29) is 5.56 Å². The minimum Gasteiger partial charge on any atom is -0.306 e. The van der Waals surface area contributed by atoms with Gasteiger partial charge in [-0.05, 0) is 42.0 Å². The molecule has 1 aliphatic rings. The van der Waals surface area contributed by atoms with Crippen molar-refractivity contribution in [2.45, 2.75) is 19.5 Å². The Labute approximate surface area is 159 Å². The normalized spacial score (nSPS) is 14.2. The highest BCUT2D eigenvalue weighted by molar-refractivity contribution is 6.30. The number of benzene rings is 2. The molecule has 0 unspecified atom stereocenters. The SMILES string of the molecule is O=c1[nH]c(-c2ccc(Cl)cc2)nc2c1CN(Cc1cc(F)cc(F)c1)CC2. The molecule has 0 radical (unpaired) electrons. The third kappa shape index (κ3) is 3.91. The second-order valence-electron chi connectivity index (χ2n) is 6.59. The van der Waals surface area contributed by atoms with E-state index in [1.807, 2.05) is 4.90 Å². The summed E-state index contributed by atoms with van der Waals surface area (Å²) in [6, 6.07) is 10.6. The van der Waals surface area contributed by atoms with Gasteiger partial charge < -0.3 is 4.98 Å². The number of hydrogen-bond donors (Lipinski definition) is 1. The summed E-state index contributed by atoms with van der Waals surface area (Å²) in [5.74, 6) is -0.694. The Hall–Kier alpha value is -2.57. The second-order valence-corrected chi connectivity index (χ2v) is 7.02. The molecule has 2 aromatic carbocycles. The molecule has 0 aliphatic carbocycles. The monoisotopic (exact) mass is 387 g/mol. The van der Waals surface area contributed by atoms with E-state index in [2.05, 4.69) is 9.97 Å². The van der Waals surface area contributed by atoms with Gasteiger partial charge in [0.25, 0.3) is 5.56 Å². The molecule has 0 amide bonds. The van der Waals surface area contributed by atoms with Gasteiger partial charge in [-0.3, -0.25) is 9.69 Å². The number of rotatable bonds is 3. The smallest absolute Gasteiger partial charge is 0.255 e. The summed E-state index contributed by atoms with van der Waals surface area (Å²) >= 11 is 5.90. The lowest BCUT2D eigenvalue weighted by Gasteiger charge is -2.27. The summed E-state index contributed by atoms with van der Waals surface area (Å²) in [6.45, 7) is 1.41. The van der Waals surface area contributed by atoms with Gasteiger partial charge in [-0.1, -0.05) is 11.6 Å². The summed E-state index contributed by atoms with van der Waals surface area (Å²) in [7, 11) is 0. The quantitative estimate of drug-likeness (QED) is 0.741. The van der Waals surface area contributed by atoms with Crippen LogP contribution in [-0.4, -0.2) is 21.4 Å². The van der Waals surface area contributed by atoms with E-state index < -0.39 is 11.6 Å². The molecule has 4 nitrogen and oxygen atoms in total. The number of H-pyrrole nitrogens is 1. The number of halogens is 3. The maximum absolute atomic E-state index is 13.4. The highest BCUT2D eigenvalue weighted by atomic mass is 35.5. The number of nitrogens with one attached hydrogen (secondary N) is 1. The van der Waals surface area contributed by atoms with Gasteiger partial charge in [-0.2, -0.15) is 0 Å². The standard InChI is InChI=1S/C20H16ClF2N3O/c21-14-3-1-13(2-4-14)19-24-18-5-6-26(11-17(18)20(27)25-19)10-12-7-15(22)9-16(23)8-12/h1-4,7-9H,5-6,10-11H2,(H,24,25,27). The molecule has 4 rings (SSSR count). The molecule has 138 valence electrons. The van der Waals surface area contributed by atoms with Gasteiger partial charge in [0.2, 0.25) is 0 Å². The summed E-state index contributed by atoms with van der Waals surface area (Å²) < 4.78 is 26.8. The number of aromatic amines is 1. The Morgan fingerprint density at radius 3 is 2.52 bits per heavy atom. The lowest BCUT2D eigenvalue weighted by molar-refractivity contribution is 0.241. The first-order valence-corrected chi connectivity index (χ1v) is 8.91. The molecule has 2 heterocycles. The molecule has 0 saturated carbocycles. The first-order chi connectivity index (χ1) is 13.0. The molecule has 3 aromatic rings. The van der Waals surface area contributed by atoms with Crippen molar-refractivity contribution in [2.24, 2.45) is 0 Å². The van der Waals surface area contributed by atoms with Gasteiger partial charge in [0.1, 0.15) is 17.5 Å². The Morgan fingerprint density at radius 2 is 1.81 bits per heavy atom. The Bertz CT molecular complexity index is 1030. The first kappa shape index (κ1) is 17.8. The highest BCUT2D eigenvalue weighted by Gasteiger charge is 2.22. The molecular weight excluding hydrogens is 372 g/mol. The molecule has 0 bridgehead atoms. The number of nitrogens with zero attached hydrogens (tertiary/aromatic N) is 2. The van der Waals surface area contributed by atoms with Gasteiger partial charge in [0.05, 0.1) is 11.3 Å². The van der Waals surface area contributed by atoms with E-state index >= 15 is 0 Å². The highest BCUT2D eigenvalue weighted by Crippen LogP contribution is 2.21. The van der Waals surface area contributed by atoms with Crippen molar-refractivity contribution >= 4 is 11.6 Å². The van der Waals surface area contributed by atoms with Crippen LogP contribution in [0.25, 0.3) is 11.4 Å². The summed E-state index contributed by atoms with van der Waals surface area (Å²) in [5, 5.41) is 0.614. The predicted octanol–water partition coefficient (Wildman–Crippen LogP) is 3.93. The van der Waals surface area contributed by atoms with Gasteiger partial charge >= 0.3 is 0 Å². The van der Waals surface area contributed by atoms with Crippen LogP contribution in [0.1, 0.15) is 16.8 Å². The third-order valence-corrected chi connectivity index (χ3v) is 4.85. The van der Waals surface area contributed by atoms with Crippen LogP contribution in [0.2, 0.25) is 5.02 Å². The largest absolute Gasteiger partial charge is 0.306 e. The zero-order valence-electron chi connectivity index (χ0n) is 14.3. The maximum Gasteiger partial charge on any atom is 0.255 e. The molecule has 1 aromatic heterocycles. The van der Waals surface area contributed by atoms with Gasteiger partial charge in [0, 0.05) is 42.7 Å². The molecule has 0 atom stereocenters. The topological polar surface area (TPSA) is 49.0 Å². The lowest BCUT2D eigenvalue weighted by atomic mass is 10.1. The van der Waals surface area contributed by atoms with Crippen LogP contribution < -0.4 is 5.56 Å². The van der Waals surface area contributed by atoms with E-state index in [9.17, 15) is 13.6 Å². The van der Waals surface area contributed by atoms with Crippen molar-refractivity contribution in [3.8, 4) is 11.4 Å². The molecule has 0 fully saturated rings. The molecule has 0 saturated heterocycles. The van der Waals surface area contributed by atoms with Crippen LogP contribution in [0.3, 0.4) is 0 Å². The Morgan fingerprint density at radius 1 is 1.11 bits per heavy atom. The summed E-state index contributed by atoms with van der Waals surface area (Å²) in [4.78, 5) is 22.0. The molecule has 27 heavy (non-hydrogen) atoms. The molecule has 0 spiro atoms. The van der Waals surface area contributed by atoms with Crippen LogP contribution in [0.5, 0.6) is 0 Å². The fraction of sp³-hybridized carbons (Fsp3) is 0.200. The third-order valence-electron chi connectivity index (χ3n) is 4.59. The zero-order chi connectivity index (χ0) is 19.0. The van der Waals surface area contributed by atoms with Crippen molar-refractivity contribution in [1.82, 2.24) is 14.9 Å². The van der Waals surface area contributed by atoms with Crippen molar-refractivity contribution in [2.75, 3.05) is 6.54 Å². The van der Waals surface area contributed by atoms with E-state index in [4.69, 9.17) is 11.6 Å². The van der Waals surface area contributed by atoms with Crippen LogP contribution in [0.15, 0.2) is 47.3 Å². The van der Waals surface area contributed by atoms with Crippen molar-refractivity contribution in [1.29, 1.82) is 0 Å². The fourth-order valence-electron chi connectivity index (χ4n) is 3.32. The zero-order valence-corrected chi connectivity index (χ0v) is 15.1. The minimum atomic E-state index is -0.602. The van der Waals surface area contributed by atoms with E-state index in [1.54, 1.807) is 24.3 Å².